The molecule has 1 N–H and O–H groups in total. The highest BCUT2D eigenvalue weighted by Gasteiger charge is 1.99. The quantitative estimate of drug-likeness (QED) is 0.649. The van der Waals surface area contributed by atoms with Gasteiger partial charge in [-0.1, -0.05) is 11.6 Å². The monoisotopic (exact) mass is 240 g/mol. The van der Waals surface area contributed by atoms with Gasteiger partial charge >= 0.3 is 0 Å². The number of aromatic amines is 1. The van der Waals surface area contributed by atoms with Crippen molar-refractivity contribution in [2.45, 2.75) is 6.92 Å². The van der Waals surface area contributed by atoms with Crippen molar-refractivity contribution in [1.29, 1.82) is 0 Å². The van der Waals surface area contributed by atoms with E-state index in [1.165, 1.54) is 0 Å². The Balaban J connectivity index is 0.000000280. The van der Waals surface area contributed by atoms with E-state index in [1.54, 1.807) is 25.4 Å². The van der Waals surface area contributed by atoms with Gasteiger partial charge in [-0.15, -0.1) is 0 Å². The Bertz CT molecular complexity index is 466. The van der Waals surface area contributed by atoms with E-state index in [1.807, 2.05) is 6.92 Å². The molecule has 16 heavy (non-hydrogen) atoms. The van der Waals surface area contributed by atoms with Crippen LogP contribution in [0.2, 0.25) is 5.15 Å². The van der Waals surface area contributed by atoms with Crippen LogP contribution < -0.4 is 0 Å². The number of aromatic nitrogens is 2. The highest BCUT2D eigenvalue weighted by molar-refractivity contribution is 6.30. The van der Waals surface area contributed by atoms with Gasteiger partial charge in [0.15, 0.2) is 6.29 Å². The highest BCUT2D eigenvalue weighted by atomic mass is 35.5. The van der Waals surface area contributed by atoms with Gasteiger partial charge in [0.05, 0.1) is 17.4 Å². The molecule has 0 aliphatic rings. The van der Waals surface area contributed by atoms with E-state index in [-0.39, 0.29) is 0 Å². The summed E-state index contributed by atoms with van der Waals surface area (Å²) in [4.78, 5) is 17.1. The molecular weight excluding hydrogens is 228 g/mol. The van der Waals surface area contributed by atoms with Gasteiger partial charge in [0.25, 0.3) is 0 Å². The van der Waals surface area contributed by atoms with Gasteiger partial charge in [0.2, 0.25) is 0 Å². The largest absolute Gasteiger partial charge is 0.385 e. The first-order valence-electron chi connectivity index (χ1n) is 4.79. The predicted molar refractivity (Wildman–Crippen MR) is 64.0 cm³/mol. The summed E-state index contributed by atoms with van der Waals surface area (Å²) in [6.07, 6.45) is 2.36. The number of nitrogens with one attached hydrogen (secondary N) is 1. The standard InChI is InChI=1S/C8H5ClN2O.C3H8O/c9-8-2-5-1-6(4-12)11-7(5)3-10-8;1-3-4-2/h1-4,11H;3H2,1-2H3. The van der Waals surface area contributed by atoms with Crippen molar-refractivity contribution < 1.29 is 9.53 Å². The van der Waals surface area contributed by atoms with E-state index in [0.717, 1.165) is 23.8 Å². The second kappa shape index (κ2) is 6.25. The molecule has 0 spiro atoms. The number of rotatable bonds is 2. The Labute approximate surface area is 98.6 Å². The number of nitrogens with zero attached hydrogens (tertiary/aromatic N) is 1. The highest BCUT2D eigenvalue weighted by Crippen LogP contribution is 2.16. The molecule has 0 radical (unpaired) electrons. The minimum absolute atomic E-state index is 0.430. The van der Waals surface area contributed by atoms with E-state index in [9.17, 15) is 4.79 Å². The van der Waals surface area contributed by atoms with Gasteiger partial charge < -0.3 is 9.72 Å². The molecule has 5 heteroatoms. The fraction of sp³-hybridized carbons (Fsp3) is 0.273. The van der Waals surface area contributed by atoms with Crippen LogP contribution >= 0.6 is 11.6 Å². The number of methoxy groups -OCH3 is 1. The van der Waals surface area contributed by atoms with Crippen LogP contribution in [0.3, 0.4) is 0 Å². The van der Waals surface area contributed by atoms with Crippen LogP contribution in [0.25, 0.3) is 10.9 Å². The van der Waals surface area contributed by atoms with Gasteiger partial charge in [-0.25, -0.2) is 4.98 Å². The number of carbonyl (C=O) groups excluding carboxylic acids is 1. The molecule has 0 saturated heterocycles. The molecule has 2 aromatic rings. The van der Waals surface area contributed by atoms with Crippen molar-refractivity contribution in [2.24, 2.45) is 0 Å². The summed E-state index contributed by atoms with van der Waals surface area (Å²) in [5, 5.41) is 1.33. The zero-order chi connectivity index (χ0) is 12.0. The first kappa shape index (κ1) is 12.7. The van der Waals surface area contributed by atoms with E-state index < -0.39 is 0 Å². The normalized spacial score (nSPS) is 9.69. The molecule has 86 valence electrons. The van der Waals surface area contributed by atoms with Gasteiger partial charge in [-0.05, 0) is 19.1 Å². The number of aldehydes is 1. The Hall–Kier alpha value is -1.39. The summed E-state index contributed by atoms with van der Waals surface area (Å²) in [6, 6.07) is 3.44. The second-order valence-electron chi connectivity index (χ2n) is 3.01. The number of halogens is 1. The Morgan fingerprint density at radius 1 is 1.56 bits per heavy atom. The molecule has 0 atom stereocenters. The third kappa shape index (κ3) is 3.32. The maximum absolute atomic E-state index is 10.4. The van der Waals surface area contributed by atoms with Crippen molar-refractivity contribution in [3.63, 3.8) is 0 Å². The average molecular weight is 241 g/mol. The molecule has 0 unspecified atom stereocenters. The van der Waals surface area contributed by atoms with Crippen molar-refractivity contribution in [2.75, 3.05) is 13.7 Å². The smallest absolute Gasteiger partial charge is 0.166 e. The summed E-state index contributed by atoms with van der Waals surface area (Å²) in [5.41, 5.74) is 1.36. The number of hydrogen-bond acceptors (Lipinski definition) is 3. The van der Waals surface area contributed by atoms with Gasteiger partial charge in [-0.2, -0.15) is 0 Å². The fourth-order valence-electron chi connectivity index (χ4n) is 1.09. The molecule has 0 aliphatic carbocycles. The summed E-state index contributed by atoms with van der Waals surface area (Å²) >= 11 is 5.66. The fourth-order valence-corrected chi connectivity index (χ4v) is 1.26. The lowest BCUT2D eigenvalue weighted by molar-refractivity contribution is 0.112. The van der Waals surface area contributed by atoms with Crippen LogP contribution in [0, 0.1) is 0 Å². The van der Waals surface area contributed by atoms with Crippen molar-refractivity contribution in [3.05, 3.63) is 29.2 Å². The number of fused-ring (bicyclic) bond motifs is 1. The molecule has 0 fully saturated rings. The van der Waals surface area contributed by atoms with Crippen LogP contribution in [-0.2, 0) is 4.74 Å². The molecule has 0 aliphatic heterocycles. The number of hydrogen-bond donors (Lipinski definition) is 1. The number of carbonyl (C=O) groups is 1. The van der Waals surface area contributed by atoms with Crippen molar-refractivity contribution >= 4 is 28.8 Å². The van der Waals surface area contributed by atoms with Crippen molar-refractivity contribution in [1.82, 2.24) is 9.97 Å². The topological polar surface area (TPSA) is 55.0 Å². The zero-order valence-corrected chi connectivity index (χ0v) is 9.91. The van der Waals surface area contributed by atoms with Gasteiger partial charge in [0, 0.05) is 19.1 Å². The first-order chi connectivity index (χ1) is 7.71. The molecule has 0 bridgehead atoms. The number of pyridine rings is 1. The molecule has 0 amide bonds. The second-order valence-corrected chi connectivity index (χ2v) is 3.40. The van der Waals surface area contributed by atoms with Gasteiger partial charge in [-0.3, -0.25) is 4.79 Å². The lowest BCUT2D eigenvalue weighted by Crippen LogP contribution is -1.75. The lowest BCUT2D eigenvalue weighted by atomic mass is 10.3. The molecule has 0 aromatic carbocycles. The molecule has 2 aromatic heterocycles. The summed E-state index contributed by atoms with van der Waals surface area (Å²) in [6.45, 7) is 2.78. The number of ether oxygens (including phenoxy) is 1. The summed E-state index contributed by atoms with van der Waals surface area (Å²) < 4.78 is 4.54. The maximum atomic E-state index is 10.4. The number of H-pyrrole nitrogens is 1. The third-order valence-corrected chi connectivity index (χ3v) is 2.11. The summed E-state index contributed by atoms with van der Waals surface area (Å²) in [5.74, 6) is 0. The van der Waals surface area contributed by atoms with E-state index >= 15 is 0 Å². The Kier molecular flexibility index (Phi) is 4.95. The van der Waals surface area contributed by atoms with Crippen LogP contribution in [0.1, 0.15) is 17.4 Å². The molecular formula is C11H13ClN2O2. The maximum Gasteiger partial charge on any atom is 0.166 e. The van der Waals surface area contributed by atoms with E-state index in [4.69, 9.17) is 11.6 Å². The van der Waals surface area contributed by atoms with E-state index in [0.29, 0.717) is 10.8 Å². The van der Waals surface area contributed by atoms with Gasteiger partial charge in [0.1, 0.15) is 5.15 Å². The molecule has 2 rings (SSSR count). The van der Waals surface area contributed by atoms with Crippen LogP contribution in [-0.4, -0.2) is 30.0 Å². The van der Waals surface area contributed by atoms with Crippen LogP contribution in [0.5, 0.6) is 0 Å². The van der Waals surface area contributed by atoms with E-state index in [2.05, 4.69) is 14.7 Å². The minimum Gasteiger partial charge on any atom is -0.385 e. The lowest BCUT2D eigenvalue weighted by Gasteiger charge is -1.87. The molecule has 0 saturated carbocycles. The summed E-state index contributed by atoms with van der Waals surface area (Å²) in [7, 11) is 1.68. The van der Waals surface area contributed by atoms with Crippen molar-refractivity contribution in [3.8, 4) is 0 Å². The van der Waals surface area contributed by atoms with Crippen LogP contribution in [0.15, 0.2) is 18.3 Å². The third-order valence-electron chi connectivity index (χ3n) is 1.91. The zero-order valence-electron chi connectivity index (χ0n) is 9.16. The Morgan fingerprint density at radius 3 is 2.81 bits per heavy atom. The minimum atomic E-state index is 0.430. The first-order valence-corrected chi connectivity index (χ1v) is 5.17. The predicted octanol–water partition coefficient (Wildman–Crippen LogP) is 2.68. The molecule has 2 heterocycles. The molecule has 4 nitrogen and oxygen atoms in total. The average Bonchev–Trinajstić information content (AvgIpc) is 2.71. The van der Waals surface area contributed by atoms with Crippen LogP contribution in [0.4, 0.5) is 0 Å². The Morgan fingerprint density at radius 2 is 2.25 bits per heavy atom. The SMILES string of the molecule is CCOC.O=Cc1cc2cc(Cl)ncc2[nH]1.